The quantitative estimate of drug-likeness (QED) is 0.868. The van der Waals surface area contributed by atoms with Gasteiger partial charge in [0.25, 0.3) is 0 Å². The van der Waals surface area contributed by atoms with Crippen LogP contribution in [0.3, 0.4) is 0 Å². The summed E-state index contributed by atoms with van der Waals surface area (Å²) in [7, 11) is -0.906. The molecule has 3 heteroatoms. The van der Waals surface area contributed by atoms with E-state index >= 15 is 0 Å². The second-order valence-corrected chi connectivity index (χ2v) is 6.24. The second-order valence-electron chi connectivity index (χ2n) is 4.79. The number of rotatable bonds is 4. The Morgan fingerprint density at radius 3 is 2.32 bits per heavy atom. The molecule has 0 saturated heterocycles. The van der Waals surface area contributed by atoms with Crippen molar-refractivity contribution < 1.29 is 4.21 Å². The van der Waals surface area contributed by atoms with Crippen LogP contribution in [0.4, 0.5) is 5.69 Å². The normalized spacial score (nSPS) is 12.3. The lowest BCUT2D eigenvalue weighted by molar-refractivity contribution is 0.682. The third-order valence-corrected chi connectivity index (χ3v) is 4.65. The number of aryl methyl sites for hydroxylation is 1. The van der Waals surface area contributed by atoms with E-state index in [1.807, 2.05) is 43.3 Å². The highest BCUT2D eigenvalue weighted by atomic mass is 32.2. The van der Waals surface area contributed by atoms with Gasteiger partial charge in [-0.05, 0) is 42.2 Å². The minimum absolute atomic E-state index is 0.561. The van der Waals surface area contributed by atoms with E-state index in [0.717, 1.165) is 22.4 Å². The molecule has 2 nitrogen and oxygen atoms in total. The third kappa shape index (κ3) is 3.44. The van der Waals surface area contributed by atoms with Gasteiger partial charge in [0.05, 0.1) is 0 Å². The smallest absolute Gasteiger partial charge is 0.0492 e. The molecule has 2 N–H and O–H groups in total. The minimum Gasteiger partial charge on any atom is -0.399 e. The molecule has 0 amide bonds. The fourth-order valence-electron chi connectivity index (χ4n) is 2.03. The van der Waals surface area contributed by atoms with Crippen molar-refractivity contribution >= 4 is 16.5 Å². The summed E-state index contributed by atoms with van der Waals surface area (Å²) in [4.78, 5) is 0. The molecule has 1 unspecified atom stereocenters. The van der Waals surface area contributed by atoms with Crippen LogP contribution in [0, 0.1) is 13.8 Å². The molecule has 0 fully saturated rings. The maximum Gasteiger partial charge on any atom is 0.0492 e. The summed E-state index contributed by atoms with van der Waals surface area (Å²) >= 11 is 0. The Bertz CT molecular complexity index is 607. The fraction of sp³-hybridized carbons (Fsp3) is 0.250. The van der Waals surface area contributed by atoms with E-state index in [1.165, 1.54) is 5.56 Å². The minimum atomic E-state index is -0.906. The highest BCUT2D eigenvalue weighted by molar-refractivity contribution is 7.83. The van der Waals surface area contributed by atoms with Crippen molar-refractivity contribution in [3.05, 3.63) is 64.7 Å². The van der Waals surface area contributed by atoms with Crippen molar-refractivity contribution in [3.63, 3.8) is 0 Å². The summed E-state index contributed by atoms with van der Waals surface area (Å²) in [5, 5.41) is 0. The topological polar surface area (TPSA) is 43.1 Å². The number of hydrogen-bond donors (Lipinski definition) is 1. The predicted octanol–water partition coefficient (Wildman–Crippen LogP) is 3.33. The largest absolute Gasteiger partial charge is 0.399 e. The summed E-state index contributed by atoms with van der Waals surface area (Å²) in [6, 6.07) is 13.9. The lowest BCUT2D eigenvalue weighted by Crippen LogP contribution is -2.03. The molecule has 0 aliphatic heterocycles. The van der Waals surface area contributed by atoms with Crippen molar-refractivity contribution in [3.8, 4) is 0 Å². The van der Waals surface area contributed by atoms with Gasteiger partial charge in [0.15, 0.2) is 0 Å². The molecule has 2 aromatic carbocycles. The first-order valence-corrected chi connectivity index (χ1v) is 7.80. The van der Waals surface area contributed by atoms with Crippen LogP contribution < -0.4 is 5.73 Å². The Balaban J connectivity index is 2.10. The average Bonchev–Trinajstić information content (AvgIpc) is 2.38. The van der Waals surface area contributed by atoms with Gasteiger partial charge in [-0.1, -0.05) is 36.4 Å². The van der Waals surface area contributed by atoms with Crippen LogP contribution in [0.2, 0.25) is 0 Å². The molecule has 2 aromatic rings. The van der Waals surface area contributed by atoms with Crippen LogP contribution in [0.1, 0.15) is 22.3 Å². The molecule has 19 heavy (non-hydrogen) atoms. The van der Waals surface area contributed by atoms with E-state index in [-0.39, 0.29) is 0 Å². The van der Waals surface area contributed by atoms with Gasteiger partial charge in [-0.25, -0.2) is 0 Å². The van der Waals surface area contributed by atoms with Crippen molar-refractivity contribution in [2.45, 2.75) is 25.4 Å². The maximum atomic E-state index is 12.3. The van der Waals surface area contributed by atoms with Crippen molar-refractivity contribution in [2.24, 2.45) is 0 Å². The summed E-state index contributed by atoms with van der Waals surface area (Å²) in [5.74, 6) is 1.16. The first kappa shape index (κ1) is 13.8. The average molecular weight is 273 g/mol. The van der Waals surface area contributed by atoms with Crippen molar-refractivity contribution in [1.29, 1.82) is 0 Å². The number of nitrogens with two attached hydrogens (primary N) is 1. The molecule has 0 heterocycles. The van der Waals surface area contributed by atoms with E-state index in [9.17, 15) is 4.21 Å². The molecule has 0 aliphatic carbocycles. The molecule has 1 atom stereocenters. The van der Waals surface area contributed by atoms with Crippen LogP contribution in [-0.4, -0.2) is 4.21 Å². The summed E-state index contributed by atoms with van der Waals surface area (Å²) in [6.45, 7) is 4.04. The third-order valence-electron chi connectivity index (χ3n) is 3.38. The van der Waals surface area contributed by atoms with E-state index in [4.69, 9.17) is 5.73 Å². The molecule has 0 radical (unpaired) electrons. The maximum absolute atomic E-state index is 12.3. The predicted molar refractivity (Wildman–Crippen MR) is 82.3 cm³/mol. The van der Waals surface area contributed by atoms with Gasteiger partial charge < -0.3 is 5.73 Å². The lowest BCUT2D eigenvalue weighted by atomic mass is 10.1. The zero-order valence-corrected chi connectivity index (χ0v) is 12.2. The van der Waals surface area contributed by atoms with E-state index in [2.05, 4.69) is 13.0 Å². The molecule has 0 aromatic heterocycles. The van der Waals surface area contributed by atoms with E-state index in [1.54, 1.807) is 0 Å². The Hall–Kier alpha value is -1.61. The molecular formula is C16H19NOS. The molecular weight excluding hydrogens is 254 g/mol. The summed E-state index contributed by atoms with van der Waals surface area (Å²) < 4.78 is 12.3. The van der Waals surface area contributed by atoms with Crippen LogP contribution in [0.15, 0.2) is 42.5 Å². The zero-order valence-electron chi connectivity index (χ0n) is 11.3. The molecule has 100 valence electrons. The van der Waals surface area contributed by atoms with Gasteiger partial charge in [0, 0.05) is 28.0 Å². The molecule has 2 rings (SSSR count). The standard InChI is InChI=1S/C16H19NOS/c1-12-6-3-4-7-14(12)10-19(18)11-15-8-5-9-16(17)13(15)2/h3-9H,10-11,17H2,1-2H3. The summed E-state index contributed by atoms with van der Waals surface area (Å²) in [5.41, 5.74) is 11.1. The van der Waals surface area contributed by atoms with Gasteiger partial charge in [-0.3, -0.25) is 4.21 Å². The highest BCUT2D eigenvalue weighted by Crippen LogP contribution is 2.19. The second kappa shape index (κ2) is 6.02. The molecule has 0 aliphatic rings. The van der Waals surface area contributed by atoms with Gasteiger partial charge in [-0.15, -0.1) is 0 Å². The first-order valence-electron chi connectivity index (χ1n) is 6.31. The van der Waals surface area contributed by atoms with Crippen LogP contribution in [0.5, 0.6) is 0 Å². The zero-order chi connectivity index (χ0) is 13.8. The van der Waals surface area contributed by atoms with Gasteiger partial charge >= 0.3 is 0 Å². The Labute approximate surface area is 117 Å². The SMILES string of the molecule is Cc1ccccc1CS(=O)Cc1cccc(N)c1C. The van der Waals surface area contributed by atoms with E-state index < -0.39 is 10.8 Å². The van der Waals surface area contributed by atoms with Crippen LogP contribution >= 0.6 is 0 Å². The highest BCUT2D eigenvalue weighted by Gasteiger charge is 2.08. The van der Waals surface area contributed by atoms with Gasteiger partial charge in [0.1, 0.15) is 0 Å². The molecule has 0 spiro atoms. The Morgan fingerprint density at radius 2 is 1.58 bits per heavy atom. The molecule has 0 saturated carbocycles. The number of hydrogen-bond acceptors (Lipinski definition) is 2. The monoisotopic (exact) mass is 273 g/mol. The van der Waals surface area contributed by atoms with Crippen molar-refractivity contribution in [2.75, 3.05) is 5.73 Å². The fourth-order valence-corrected chi connectivity index (χ4v) is 3.46. The Morgan fingerprint density at radius 1 is 0.947 bits per heavy atom. The Kier molecular flexibility index (Phi) is 4.38. The van der Waals surface area contributed by atoms with Gasteiger partial charge in [-0.2, -0.15) is 0 Å². The first-order chi connectivity index (χ1) is 9.08. The van der Waals surface area contributed by atoms with Crippen LogP contribution in [0.25, 0.3) is 0 Å². The number of nitrogen functional groups attached to an aromatic ring is 1. The van der Waals surface area contributed by atoms with E-state index in [0.29, 0.717) is 11.5 Å². The lowest BCUT2D eigenvalue weighted by Gasteiger charge is -2.09. The van der Waals surface area contributed by atoms with Crippen LogP contribution in [-0.2, 0) is 22.3 Å². The van der Waals surface area contributed by atoms with Gasteiger partial charge in [0.2, 0.25) is 0 Å². The number of anilines is 1. The number of benzene rings is 2. The van der Waals surface area contributed by atoms with Crippen molar-refractivity contribution in [1.82, 2.24) is 0 Å². The summed E-state index contributed by atoms with van der Waals surface area (Å²) in [6.07, 6.45) is 0. The molecule has 0 bridgehead atoms.